The summed E-state index contributed by atoms with van der Waals surface area (Å²) in [5, 5.41) is 0. The van der Waals surface area contributed by atoms with Crippen molar-refractivity contribution in [1.82, 2.24) is 15.0 Å². The smallest absolute Gasteiger partial charge is 0.0822 e. The van der Waals surface area contributed by atoms with E-state index in [1.807, 2.05) is 0 Å². The van der Waals surface area contributed by atoms with Crippen LogP contribution in [0.3, 0.4) is 0 Å². The topological polar surface area (TPSA) is 59.7 Å². The van der Waals surface area contributed by atoms with Crippen LogP contribution in [0.15, 0.2) is 64.2 Å². The second kappa shape index (κ2) is 10.8. The van der Waals surface area contributed by atoms with Crippen LogP contribution in [0.1, 0.15) is 120 Å². The molecule has 0 aliphatic carbocycles. The van der Waals surface area contributed by atoms with Gasteiger partial charge in [0.05, 0.1) is 16.6 Å². The molecule has 3 N–H and O–H groups in total. The van der Waals surface area contributed by atoms with Crippen LogP contribution in [-0.2, 0) is 23.7 Å². The van der Waals surface area contributed by atoms with Crippen LogP contribution in [0.2, 0.25) is 0 Å². The van der Waals surface area contributed by atoms with Crippen molar-refractivity contribution < 1.29 is 0 Å². The van der Waals surface area contributed by atoms with Gasteiger partial charge in [-0.1, -0.05) is 73.6 Å². The molecule has 4 heterocycles. The first-order valence-electron chi connectivity index (χ1n) is 15.0. The Morgan fingerprint density at radius 3 is 1.85 bits per heavy atom. The Labute approximate surface area is 255 Å². The van der Waals surface area contributed by atoms with Gasteiger partial charge in [-0.3, -0.25) is 4.99 Å². The predicted molar refractivity (Wildman–Crippen MR) is 177 cm³/mol. The molecule has 1 aliphatic heterocycles. The third-order valence-electron chi connectivity index (χ3n) is 8.68. The molecule has 41 heavy (non-hydrogen) atoms. The molecule has 1 aromatic carbocycles. The lowest BCUT2D eigenvalue weighted by Crippen LogP contribution is -2.25. The van der Waals surface area contributed by atoms with E-state index in [9.17, 15) is 0 Å². The molecule has 0 saturated heterocycles. The van der Waals surface area contributed by atoms with Crippen LogP contribution in [0.25, 0.3) is 0 Å². The van der Waals surface area contributed by atoms with E-state index in [4.69, 9.17) is 4.99 Å². The van der Waals surface area contributed by atoms with Gasteiger partial charge in [0.1, 0.15) is 0 Å². The molecule has 0 bridgehead atoms. The molecule has 3 aromatic heterocycles. The van der Waals surface area contributed by atoms with Gasteiger partial charge in [0.15, 0.2) is 0 Å². The molecule has 4 aromatic rings. The van der Waals surface area contributed by atoms with Gasteiger partial charge in [0.2, 0.25) is 0 Å². The van der Waals surface area contributed by atoms with Crippen molar-refractivity contribution in [2.75, 3.05) is 0 Å². The number of hydrogen-bond acceptors (Lipinski definition) is 1. The molecular formula is C36H47BrN4. The summed E-state index contributed by atoms with van der Waals surface area (Å²) < 4.78 is 1.01. The van der Waals surface area contributed by atoms with Crippen molar-refractivity contribution in [2.24, 2.45) is 10.4 Å². The van der Waals surface area contributed by atoms with E-state index in [0.717, 1.165) is 23.9 Å². The van der Waals surface area contributed by atoms with E-state index >= 15 is 0 Å². The first kappa shape index (κ1) is 29.7. The fourth-order valence-corrected chi connectivity index (χ4v) is 6.59. The highest BCUT2D eigenvalue weighted by atomic mass is 79.9. The van der Waals surface area contributed by atoms with Gasteiger partial charge in [-0.05, 0) is 98.6 Å². The maximum absolute atomic E-state index is 5.01. The van der Waals surface area contributed by atoms with Gasteiger partial charge in [0.25, 0.3) is 0 Å². The molecule has 0 amide bonds. The number of benzene rings is 1. The van der Waals surface area contributed by atoms with Crippen molar-refractivity contribution in [3.63, 3.8) is 0 Å². The van der Waals surface area contributed by atoms with Gasteiger partial charge >= 0.3 is 0 Å². The maximum atomic E-state index is 5.01. The Morgan fingerprint density at radius 1 is 0.805 bits per heavy atom. The summed E-state index contributed by atoms with van der Waals surface area (Å²) >= 11 is 3.55. The van der Waals surface area contributed by atoms with Crippen molar-refractivity contribution in [3.8, 4) is 0 Å². The van der Waals surface area contributed by atoms with E-state index < -0.39 is 0 Å². The molecule has 4 nitrogen and oxygen atoms in total. The highest BCUT2D eigenvalue weighted by molar-refractivity contribution is 9.10. The summed E-state index contributed by atoms with van der Waals surface area (Å²) in [5.74, 6) is 0.0677. The van der Waals surface area contributed by atoms with Gasteiger partial charge in [-0.25, -0.2) is 0 Å². The van der Waals surface area contributed by atoms with Crippen LogP contribution >= 0.6 is 15.9 Å². The molecule has 0 spiro atoms. The van der Waals surface area contributed by atoms with E-state index in [1.165, 1.54) is 50.9 Å². The lowest BCUT2D eigenvalue weighted by atomic mass is 9.77. The zero-order chi connectivity index (χ0) is 29.7. The van der Waals surface area contributed by atoms with Crippen molar-refractivity contribution in [1.29, 1.82) is 0 Å². The highest BCUT2D eigenvalue weighted by Gasteiger charge is 2.35. The minimum absolute atomic E-state index is 0.0489. The average molecular weight is 616 g/mol. The number of H-pyrrole nitrogens is 3. The Bertz CT molecular complexity index is 1510. The maximum Gasteiger partial charge on any atom is 0.0822 e. The summed E-state index contributed by atoms with van der Waals surface area (Å²) in [7, 11) is 0. The Morgan fingerprint density at radius 2 is 1.34 bits per heavy atom. The fraction of sp³-hybridized carbons (Fsp3) is 0.472. The standard InChI is InChI=1S/C36H47BrN4/c1-22-21-36(8,9)31(38-22)20-28-11-14-30(40-28)33(29-13-10-26(39-29)19-27-12-15-32(37)41-27)23-16-24(34(2,3)4)18-25(17-23)35(5,6)7/h10-18,31,33,39-41H,19-21H2,1-9H3. The zero-order valence-electron chi connectivity index (χ0n) is 26.3. The van der Waals surface area contributed by atoms with Gasteiger partial charge in [-0.2, -0.15) is 0 Å². The Hall–Kier alpha value is -2.79. The number of aliphatic imine (C=N–C) groups is 1. The summed E-state index contributed by atoms with van der Waals surface area (Å²) in [4.78, 5) is 16.1. The minimum Gasteiger partial charge on any atom is -0.361 e. The summed E-state index contributed by atoms with van der Waals surface area (Å²) in [6, 6.07) is 20.8. The number of hydrogen-bond donors (Lipinski definition) is 3. The lowest BCUT2D eigenvalue weighted by Gasteiger charge is -2.28. The number of halogens is 1. The summed E-state index contributed by atoms with van der Waals surface area (Å²) in [6.45, 7) is 20.7. The van der Waals surface area contributed by atoms with Crippen LogP contribution in [0, 0.1) is 5.41 Å². The molecule has 0 saturated carbocycles. The Kier molecular flexibility index (Phi) is 7.82. The number of rotatable bonds is 7. The van der Waals surface area contributed by atoms with Gasteiger partial charge in [0, 0.05) is 47.0 Å². The van der Waals surface area contributed by atoms with E-state index in [2.05, 4.69) is 148 Å². The van der Waals surface area contributed by atoms with Gasteiger partial charge < -0.3 is 15.0 Å². The van der Waals surface area contributed by atoms with Crippen LogP contribution < -0.4 is 0 Å². The number of aromatic amines is 3. The molecule has 0 radical (unpaired) electrons. The molecule has 0 fully saturated rings. The van der Waals surface area contributed by atoms with E-state index in [1.54, 1.807) is 0 Å². The van der Waals surface area contributed by atoms with Crippen molar-refractivity contribution >= 4 is 21.6 Å². The molecule has 2 unspecified atom stereocenters. The summed E-state index contributed by atoms with van der Waals surface area (Å²) in [5.41, 5.74) is 11.7. The SMILES string of the molecule is CC1=NC(Cc2ccc(C(c3cc(C(C)(C)C)cc(C(C)(C)C)c3)c3ccc(Cc4ccc(Br)[nH]4)[nH]3)[nH]2)C(C)(C)C1. The van der Waals surface area contributed by atoms with Crippen LogP contribution in [0.5, 0.6) is 0 Å². The average Bonchev–Trinajstić information content (AvgIpc) is 3.63. The molecule has 5 heteroatoms. The second-order valence-corrected chi connectivity index (χ2v) is 15.8. The number of aromatic nitrogens is 3. The van der Waals surface area contributed by atoms with E-state index in [-0.39, 0.29) is 22.2 Å². The first-order chi connectivity index (χ1) is 19.1. The Balaban J connectivity index is 1.58. The normalized spacial score (nSPS) is 18.1. The third kappa shape index (κ3) is 6.66. The molecule has 2 atom stereocenters. The van der Waals surface area contributed by atoms with Gasteiger partial charge in [-0.15, -0.1) is 0 Å². The largest absolute Gasteiger partial charge is 0.361 e. The third-order valence-corrected chi connectivity index (χ3v) is 9.14. The number of nitrogens with zero attached hydrogens (tertiary/aromatic N) is 1. The fourth-order valence-electron chi connectivity index (χ4n) is 6.20. The van der Waals surface area contributed by atoms with Crippen molar-refractivity contribution in [2.45, 2.75) is 104 Å². The highest BCUT2D eigenvalue weighted by Crippen LogP contribution is 2.39. The van der Waals surface area contributed by atoms with Crippen molar-refractivity contribution in [3.05, 3.63) is 104 Å². The molecule has 5 rings (SSSR count). The molecule has 218 valence electrons. The predicted octanol–water partition coefficient (Wildman–Crippen LogP) is 9.60. The first-order valence-corrected chi connectivity index (χ1v) is 15.8. The van der Waals surface area contributed by atoms with E-state index in [0.29, 0.717) is 6.04 Å². The number of nitrogens with one attached hydrogen (secondary N) is 3. The monoisotopic (exact) mass is 614 g/mol. The van der Waals surface area contributed by atoms with Crippen LogP contribution in [-0.4, -0.2) is 26.7 Å². The second-order valence-electron chi connectivity index (χ2n) is 14.9. The minimum atomic E-state index is 0.0489. The van der Waals surface area contributed by atoms with Crippen LogP contribution in [0.4, 0.5) is 0 Å². The molecular weight excluding hydrogens is 568 g/mol. The zero-order valence-corrected chi connectivity index (χ0v) is 27.9. The quantitative estimate of drug-likeness (QED) is 0.185. The molecule has 1 aliphatic rings. The summed E-state index contributed by atoms with van der Waals surface area (Å²) in [6.07, 6.45) is 2.84. The lowest BCUT2D eigenvalue weighted by molar-refractivity contribution is 0.320.